The summed E-state index contributed by atoms with van der Waals surface area (Å²) in [6, 6.07) is 0. The van der Waals surface area contributed by atoms with E-state index >= 15 is 0 Å². The highest BCUT2D eigenvalue weighted by molar-refractivity contribution is 9.18. The molecule has 0 aromatic heterocycles. The van der Waals surface area contributed by atoms with Crippen LogP contribution in [0.4, 0.5) is 0 Å². The Balaban J connectivity index is 2.67. The molecule has 0 aromatic carbocycles. The van der Waals surface area contributed by atoms with Gasteiger partial charge in [-0.05, 0) is 35.7 Å². The van der Waals surface area contributed by atoms with E-state index in [2.05, 4.69) is 15.9 Å². The smallest absolute Gasteiger partial charge is 0.320 e. The van der Waals surface area contributed by atoms with Crippen LogP contribution in [0, 0.1) is 5.41 Å². The van der Waals surface area contributed by atoms with Crippen LogP contribution in [0.1, 0.15) is 26.2 Å². The Kier molecular flexibility index (Phi) is 2.88. The van der Waals surface area contributed by atoms with Crippen LogP contribution < -0.4 is 0 Å². The fourth-order valence-corrected chi connectivity index (χ4v) is 1.84. The van der Waals surface area contributed by atoms with Gasteiger partial charge in [-0.2, -0.15) is 0 Å². The molecule has 1 aliphatic rings. The third kappa shape index (κ3) is 1.40. The molecule has 1 aliphatic carbocycles. The van der Waals surface area contributed by atoms with Crippen molar-refractivity contribution in [2.45, 2.75) is 26.2 Å². The summed E-state index contributed by atoms with van der Waals surface area (Å²) >= 11 is 2.84. The molecule has 1 fully saturated rings. The van der Waals surface area contributed by atoms with Crippen LogP contribution in [0.2, 0.25) is 0 Å². The molecule has 12 heavy (non-hydrogen) atoms. The van der Waals surface area contributed by atoms with E-state index in [0.29, 0.717) is 19.4 Å². The molecular formula is C8H11BrO3. The second-order valence-corrected chi connectivity index (χ2v) is 3.65. The number of halogens is 1. The van der Waals surface area contributed by atoms with Crippen molar-refractivity contribution >= 4 is 26.6 Å². The predicted octanol–water partition coefficient (Wildman–Crippen LogP) is 1.64. The molecule has 0 aliphatic heterocycles. The third-order valence-electron chi connectivity index (χ3n) is 2.25. The van der Waals surface area contributed by atoms with Gasteiger partial charge in [0.1, 0.15) is 5.41 Å². The zero-order chi connectivity index (χ0) is 9.19. The molecule has 1 saturated carbocycles. The Morgan fingerprint density at radius 3 is 2.33 bits per heavy atom. The van der Waals surface area contributed by atoms with Crippen LogP contribution in [0.25, 0.3) is 0 Å². The molecule has 0 bridgehead atoms. The van der Waals surface area contributed by atoms with Crippen molar-refractivity contribution in [3.05, 3.63) is 0 Å². The van der Waals surface area contributed by atoms with Crippen molar-refractivity contribution in [2.24, 2.45) is 5.41 Å². The van der Waals surface area contributed by atoms with Crippen molar-refractivity contribution in [3.63, 3.8) is 0 Å². The normalized spacial score (nSPS) is 19.5. The number of hydrogen-bond donors (Lipinski definition) is 0. The van der Waals surface area contributed by atoms with Gasteiger partial charge in [0.25, 0.3) is 0 Å². The molecule has 0 saturated heterocycles. The Hall–Kier alpha value is -0.380. The Morgan fingerprint density at radius 2 is 2.08 bits per heavy atom. The number of rotatable bonds is 3. The van der Waals surface area contributed by atoms with Crippen molar-refractivity contribution in [3.8, 4) is 0 Å². The van der Waals surface area contributed by atoms with E-state index in [1.165, 1.54) is 0 Å². The van der Waals surface area contributed by atoms with Crippen molar-refractivity contribution in [1.82, 2.24) is 0 Å². The quantitative estimate of drug-likeness (QED) is 0.424. The topological polar surface area (TPSA) is 43.4 Å². The van der Waals surface area contributed by atoms with Gasteiger partial charge in [-0.1, -0.05) is 6.42 Å². The van der Waals surface area contributed by atoms with Gasteiger partial charge in [-0.25, -0.2) is 0 Å². The summed E-state index contributed by atoms with van der Waals surface area (Å²) in [6.45, 7) is 2.07. The lowest BCUT2D eigenvalue weighted by Crippen LogP contribution is -2.44. The molecule has 68 valence electrons. The third-order valence-corrected chi connectivity index (χ3v) is 3.01. The van der Waals surface area contributed by atoms with Gasteiger partial charge in [0.15, 0.2) is 0 Å². The van der Waals surface area contributed by atoms with Crippen LogP contribution in [0.3, 0.4) is 0 Å². The molecule has 0 N–H and O–H groups in total. The molecule has 0 heterocycles. The van der Waals surface area contributed by atoms with Gasteiger partial charge < -0.3 is 4.74 Å². The van der Waals surface area contributed by atoms with E-state index in [0.717, 1.165) is 6.42 Å². The lowest BCUT2D eigenvalue weighted by Gasteiger charge is -2.35. The molecule has 0 atom stereocenters. The minimum Gasteiger partial charge on any atom is -0.465 e. The van der Waals surface area contributed by atoms with E-state index in [4.69, 9.17) is 4.74 Å². The lowest BCUT2D eigenvalue weighted by molar-refractivity contribution is -0.163. The summed E-state index contributed by atoms with van der Waals surface area (Å²) in [5.74, 6) is -0.377. The van der Waals surface area contributed by atoms with Gasteiger partial charge in [0, 0.05) is 0 Å². The Morgan fingerprint density at radius 1 is 1.50 bits per heavy atom. The first-order valence-corrected chi connectivity index (χ1v) is 4.80. The monoisotopic (exact) mass is 234 g/mol. The number of ether oxygens (including phenoxy) is 1. The summed E-state index contributed by atoms with van der Waals surface area (Å²) in [6.07, 6.45) is 2.17. The molecule has 0 spiro atoms. The summed E-state index contributed by atoms with van der Waals surface area (Å²) in [4.78, 5) is 22.4. The predicted molar refractivity (Wildman–Crippen MR) is 46.9 cm³/mol. The van der Waals surface area contributed by atoms with Crippen LogP contribution >= 0.6 is 15.9 Å². The number of carbonyl (C=O) groups excluding carboxylic acids is 2. The molecule has 0 amide bonds. The number of esters is 1. The van der Waals surface area contributed by atoms with E-state index in [1.54, 1.807) is 6.92 Å². The van der Waals surface area contributed by atoms with Gasteiger partial charge in [0.05, 0.1) is 6.61 Å². The highest BCUT2D eigenvalue weighted by Gasteiger charge is 2.50. The van der Waals surface area contributed by atoms with E-state index in [1.807, 2.05) is 0 Å². The highest BCUT2D eigenvalue weighted by atomic mass is 79.9. The molecule has 1 rings (SSSR count). The van der Waals surface area contributed by atoms with E-state index in [-0.39, 0.29) is 10.7 Å². The average molecular weight is 235 g/mol. The van der Waals surface area contributed by atoms with Crippen LogP contribution in [0.15, 0.2) is 0 Å². The lowest BCUT2D eigenvalue weighted by atomic mass is 9.70. The molecule has 0 unspecified atom stereocenters. The van der Waals surface area contributed by atoms with Crippen LogP contribution in [0.5, 0.6) is 0 Å². The fraction of sp³-hybridized carbons (Fsp3) is 0.750. The Bertz CT molecular complexity index is 208. The molecule has 3 nitrogen and oxygen atoms in total. The van der Waals surface area contributed by atoms with Crippen molar-refractivity contribution < 1.29 is 14.3 Å². The minimum absolute atomic E-state index is 0.236. The van der Waals surface area contributed by atoms with Crippen LogP contribution in [-0.4, -0.2) is 17.3 Å². The van der Waals surface area contributed by atoms with Gasteiger partial charge >= 0.3 is 5.97 Å². The fourth-order valence-electron chi connectivity index (χ4n) is 1.28. The maximum atomic E-state index is 11.3. The zero-order valence-electron chi connectivity index (χ0n) is 6.93. The van der Waals surface area contributed by atoms with Crippen molar-refractivity contribution in [2.75, 3.05) is 6.61 Å². The molecule has 4 heteroatoms. The minimum atomic E-state index is -0.851. The van der Waals surface area contributed by atoms with Crippen molar-refractivity contribution in [1.29, 1.82) is 0 Å². The standard InChI is InChI=1S/C8H11BrO3/c1-2-12-7(11)8(6(9)10)4-3-5-8/h2-5H2,1H3. The average Bonchev–Trinajstić information content (AvgIpc) is 1.83. The molecular weight excluding hydrogens is 224 g/mol. The second kappa shape index (κ2) is 3.56. The number of hydrogen-bond acceptors (Lipinski definition) is 3. The first-order chi connectivity index (χ1) is 5.63. The highest BCUT2D eigenvalue weighted by Crippen LogP contribution is 2.44. The largest absolute Gasteiger partial charge is 0.465 e. The van der Waals surface area contributed by atoms with E-state index < -0.39 is 5.41 Å². The number of carbonyl (C=O) groups is 2. The molecule has 0 radical (unpaired) electrons. The zero-order valence-corrected chi connectivity index (χ0v) is 8.52. The summed E-state index contributed by atoms with van der Waals surface area (Å²) in [5.41, 5.74) is -0.851. The van der Waals surface area contributed by atoms with Gasteiger partial charge in [0.2, 0.25) is 4.69 Å². The van der Waals surface area contributed by atoms with Gasteiger partial charge in [-0.3, -0.25) is 9.59 Å². The summed E-state index contributed by atoms with van der Waals surface area (Å²) < 4.78 is 4.58. The summed E-state index contributed by atoms with van der Waals surface area (Å²) in [5, 5.41) is 0. The van der Waals surface area contributed by atoms with Crippen LogP contribution in [-0.2, 0) is 14.3 Å². The van der Waals surface area contributed by atoms with Gasteiger partial charge in [-0.15, -0.1) is 0 Å². The SMILES string of the molecule is CCOC(=O)C1(C(=O)Br)CCC1. The second-order valence-electron chi connectivity index (χ2n) is 2.93. The Labute approximate surface area is 79.6 Å². The first kappa shape index (κ1) is 9.71. The maximum Gasteiger partial charge on any atom is 0.320 e. The maximum absolute atomic E-state index is 11.3. The van der Waals surface area contributed by atoms with E-state index in [9.17, 15) is 9.59 Å². The first-order valence-electron chi connectivity index (χ1n) is 4.00. The summed E-state index contributed by atoms with van der Waals surface area (Å²) in [7, 11) is 0. The molecule has 0 aromatic rings.